The first-order valence-corrected chi connectivity index (χ1v) is 7.52. The van der Waals surface area contributed by atoms with Gasteiger partial charge >= 0.3 is 5.97 Å². The molecule has 0 fully saturated rings. The predicted octanol–water partition coefficient (Wildman–Crippen LogP) is 3.83. The first kappa shape index (κ1) is 15.7. The Kier molecular flexibility index (Phi) is 5.53. The van der Waals surface area contributed by atoms with E-state index in [0.29, 0.717) is 5.56 Å². The molecule has 0 spiro atoms. The Balaban J connectivity index is 1.94. The van der Waals surface area contributed by atoms with Crippen LogP contribution in [-0.2, 0) is 17.8 Å². The lowest BCUT2D eigenvalue weighted by molar-refractivity contribution is 0.0600. The van der Waals surface area contributed by atoms with Gasteiger partial charge < -0.3 is 10.1 Å². The highest BCUT2D eigenvalue weighted by Crippen LogP contribution is 2.19. The number of ether oxygens (including phenoxy) is 1. The van der Waals surface area contributed by atoms with Crippen molar-refractivity contribution in [3.05, 3.63) is 69.2 Å². The molecule has 2 rings (SSSR count). The summed E-state index contributed by atoms with van der Waals surface area (Å²) >= 11 is 3.49. The number of hydrogen-bond donors (Lipinski definition) is 1. The van der Waals surface area contributed by atoms with Gasteiger partial charge in [-0.1, -0.05) is 51.8 Å². The van der Waals surface area contributed by atoms with E-state index in [1.807, 2.05) is 6.07 Å². The molecule has 21 heavy (non-hydrogen) atoms. The molecular weight excluding hydrogens is 330 g/mol. The fraction of sp³-hybridized carbons (Fsp3) is 0.235. The van der Waals surface area contributed by atoms with Crippen molar-refractivity contribution in [2.45, 2.75) is 20.0 Å². The van der Waals surface area contributed by atoms with Crippen LogP contribution in [0.2, 0.25) is 0 Å². The predicted molar refractivity (Wildman–Crippen MR) is 87.2 cm³/mol. The smallest absolute Gasteiger partial charge is 0.337 e. The summed E-state index contributed by atoms with van der Waals surface area (Å²) in [5.41, 5.74) is 4.17. The number of benzene rings is 2. The van der Waals surface area contributed by atoms with Gasteiger partial charge in [0.15, 0.2) is 0 Å². The minimum absolute atomic E-state index is 0.324. The van der Waals surface area contributed by atoms with Crippen LogP contribution in [0.1, 0.15) is 27.0 Å². The Morgan fingerprint density at radius 3 is 2.48 bits per heavy atom. The highest BCUT2D eigenvalue weighted by Gasteiger charge is 2.08. The highest BCUT2D eigenvalue weighted by molar-refractivity contribution is 9.10. The summed E-state index contributed by atoms with van der Waals surface area (Å²) < 4.78 is 5.61. The molecule has 0 heterocycles. The van der Waals surface area contributed by atoms with E-state index >= 15 is 0 Å². The van der Waals surface area contributed by atoms with Crippen LogP contribution in [0.5, 0.6) is 0 Å². The van der Waals surface area contributed by atoms with Gasteiger partial charge in [-0.3, -0.25) is 0 Å². The molecule has 0 atom stereocenters. The van der Waals surface area contributed by atoms with E-state index in [0.717, 1.165) is 23.1 Å². The zero-order valence-corrected chi connectivity index (χ0v) is 13.7. The second-order valence-corrected chi connectivity index (χ2v) is 5.74. The number of methoxy groups -OCH3 is 1. The molecule has 0 aliphatic rings. The van der Waals surface area contributed by atoms with Crippen molar-refractivity contribution in [1.29, 1.82) is 0 Å². The minimum atomic E-state index is -0.324. The average molecular weight is 348 g/mol. The molecule has 0 amide bonds. The molecule has 0 radical (unpaired) electrons. The fourth-order valence-electron chi connectivity index (χ4n) is 1.98. The molecule has 2 aromatic carbocycles. The largest absolute Gasteiger partial charge is 0.465 e. The maximum Gasteiger partial charge on any atom is 0.337 e. The topological polar surface area (TPSA) is 38.3 Å². The summed E-state index contributed by atoms with van der Waals surface area (Å²) in [5.74, 6) is -0.324. The van der Waals surface area contributed by atoms with Crippen molar-refractivity contribution in [2.24, 2.45) is 0 Å². The van der Waals surface area contributed by atoms with Gasteiger partial charge in [-0.25, -0.2) is 4.79 Å². The van der Waals surface area contributed by atoms with Crippen LogP contribution in [0.4, 0.5) is 0 Å². The number of carbonyl (C=O) groups excluding carboxylic acids is 1. The number of rotatable bonds is 5. The number of aryl methyl sites for hydroxylation is 1. The van der Waals surface area contributed by atoms with E-state index in [9.17, 15) is 4.79 Å². The highest BCUT2D eigenvalue weighted by atomic mass is 79.9. The molecule has 0 saturated heterocycles. The average Bonchev–Trinajstić information content (AvgIpc) is 2.50. The summed E-state index contributed by atoms with van der Waals surface area (Å²) in [5, 5.41) is 3.39. The van der Waals surface area contributed by atoms with Crippen molar-refractivity contribution in [3.8, 4) is 0 Å². The third kappa shape index (κ3) is 4.41. The number of carbonyl (C=O) groups is 1. The van der Waals surface area contributed by atoms with Crippen LogP contribution in [0.25, 0.3) is 0 Å². The van der Waals surface area contributed by atoms with Crippen LogP contribution >= 0.6 is 15.9 Å². The molecule has 2 aromatic rings. The van der Waals surface area contributed by atoms with Crippen molar-refractivity contribution in [2.75, 3.05) is 7.11 Å². The van der Waals surface area contributed by atoms with Crippen molar-refractivity contribution >= 4 is 21.9 Å². The SMILES string of the molecule is COC(=O)c1ccc(CNCc2ccc(C)cc2)c(Br)c1. The maximum atomic E-state index is 11.4. The monoisotopic (exact) mass is 347 g/mol. The van der Waals surface area contributed by atoms with E-state index in [-0.39, 0.29) is 5.97 Å². The Hall–Kier alpha value is -1.65. The Morgan fingerprint density at radius 2 is 1.86 bits per heavy atom. The van der Waals surface area contributed by atoms with E-state index in [1.165, 1.54) is 18.2 Å². The molecule has 0 unspecified atom stereocenters. The third-order valence-electron chi connectivity index (χ3n) is 3.24. The molecule has 0 bridgehead atoms. The molecule has 0 aromatic heterocycles. The van der Waals surface area contributed by atoms with Gasteiger partial charge in [0.1, 0.15) is 0 Å². The summed E-state index contributed by atoms with van der Waals surface area (Å²) in [6.07, 6.45) is 0. The molecule has 4 heteroatoms. The molecule has 0 saturated carbocycles. The normalized spacial score (nSPS) is 10.4. The van der Waals surface area contributed by atoms with Gasteiger partial charge in [-0.2, -0.15) is 0 Å². The second-order valence-electron chi connectivity index (χ2n) is 4.89. The Bertz CT molecular complexity index is 623. The zero-order valence-electron chi connectivity index (χ0n) is 12.2. The van der Waals surface area contributed by atoms with Crippen molar-refractivity contribution in [3.63, 3.8) is 0 Å². The Labute approximate surface area is 133 Å². The quantitative estimate of drug-likeness (QED) is 0.835. The van der Waals surface area contributed by atoms with Crippen LogP contribution < -0.4 is 5.32 Å². The number of nitrogens with one attached hydrogen (secondary N) is 1. The lowest BCUT2D eigenvalue weighted by Crippen LogP contribution is -2.13. The molecule has 1 N–H and O–H groups in total. The van der Waals surface area contributed by atoms with Gasteiger partial charge in [0.2, 0.25) is 0 Å². The fourth-order valence-corrected chi connectivity index (χ4v) is 2.50. The van der Waals surface area contributed by atoms with Gasteiger partial charge in [-0.15, -0.1) is 0 Å². The number of halogens is 1. The minimum Gasteiger partial charge on any atom is -0.465 e. The van der Waals surface area contributed by atoms with Gasteiger partial charge in [0.05, 0.1) is 12.7 Å². The summed E-state index contributed by atoms with van der Waals surface area (Å²) in [4.78, 5) is 11.4. The van der Waals surface area contributed by atoms with Crippen LogP contribution in [0.3, 0.4) is 0 Å². The molecular formula is C17H18BrNO2. The van der Waals surface area contributed by atoms with Crippen molar-refractivity contribution < 1.29 is 9.53 Å². The Morgan fingerprint density at radius 1 is 1.14 bits per heavy atom. The first-order chi connectivity index (χ1) is 10.1. The summed E-state index contributed by atoms with van der Waals surface area (Å²) in [6.45, 7) is 3.62. The van der Waals surface area contributed by atoms with Crippen LogP contribution in [0.15, 0.2) is 46.9 Å². The molecule has 0 aliphatic heterocycles. The first-order valence-electron chi connectivity index (χ1n) is 6.73. The lowest BCUT2D eigenvalue weighted by atomic mass is 10.1. The number of hydrogen-bond acceptors (Lipinski definition) is 3. The van der Waals surface area contributed by atoms with E-state index in [4.69, 9.17) is 4.74 Å². The van der Waals surface area contributed by atoms with E-state index < -0.39 is 0 Å². The van der Waals surface area contributed by atoms with Gasteiger partial charge in [0.25, 0.3) is 0 Å². The van der Waals surface area contributed by atoms with E-state index in [2.05, 4.69) is 52.4 Å². The zero-order chi connectivity index (χ0) is 15.2. The van der Waals surface area contributed by atoms with Crippen molar-refractivity contribution in [1.82, 2.24) is 5.32 Å². The summed E-state index contributed by atoms with van der Waals surface area (Å²) in [6, 6.07) is 14.0. The lowest BCUT2D eigenvalue weighted by Gasteiger charge is -2.09. The number of esters is 1. The van der Waals surface area contributed by atoms with Crippen LogP contribution in [0, 0.1) is 6.92 Å². The van der Waals surface area contributed by atoms with Crippen LogP contribution in [-0.4, -0.2) is 13.1 Å². The third-order valence-corrected chi connectivity index (χ3v) is 3.98. The van der Waals surface area contributed by atoms with E-state index in [1.54, 1.807) is 12.1 Å². The van der Waals surface area contributed by atoms with Gasteiger partial charge in [0, 0.05) is 17.6 Å². The van der Waals surface area contributed by atoms with Gasteiger partial charge in [-0.05, 0) is 30.2 Å². The summed E-state index contributed by atoms with van der Waals surface area (Å²) in [7, 11) is 1.38. The molecule has 110 valence electrons. The molecule has 0 aliphatic carbocycles. The molecule has 3 nitrogen and oxygen atoms in total. The maximum absolute atomic E-state index is 11.4. The second kappa shape index (κ2) is 7.38. The standard InChI is InChI=1S/C17H18BrNO2/c1-12-3-5-13(6-4-12)10-19-11-15-8-7-14(9-16(15)18)17(20)21-2/h3-9,19H,10-11H2,1-2H3.